The van der Waals surface area contributed by atoms with Crippen LogP contribution in [0.4, 0.5) is 5.69 Å². The Bertz CT molecular complexity index is 993. The molecule has 2 rings (SSSR count). The van der Waals surface area contributed by atoms with Crippen LogP contribution in [0.25, 0.3) is 0 Å². The first-order chi connectivity index (χ1) is 15.2. The SMILES string of the molecule is CCNC(=O)COc1ccc(NC(=O)C(CCSC)NS(=O)(=O)c2ccc(C)cc2)cc1. The molecule has 174 valence electrons. The van der Waals surface area contributed by atoms with Crippen molar-refractivity contribution < 1.29 is 22.7 Å². The molecule has 10 heteroatoms. The zero-order valence-corrected chi connectivity index (χ0v) is 20.0. The number of nitrogens with one attached hydrogen (secondary N) is 3. The van der Waals surface area contributed by atoms with Gasteiger partial charge in [-0.15, -0.1) is 0 Å². The van der Waals surface area contributed by atoms with Crippen molar-refractivity contribution in [1.29, 1.82) is 0 Å². The third-order valence-electron chi connectivity index (χ3n) is 4.42. The molecule has 2 aromatic rings. The van der Waals surface area contributed by atoms with Gasteiger partial charge in [0.15, 0.2) is 6.61 Å². The quantitative estimate of drug-likeness (QED) is 0.431. The van der Waals surface area contributed by atoms with Gasteiger partial charge in [-0.05, 0) is 68.7 Å². The molecule has 8 nitrogen and oxygen atoms in total. The van der Waals surface area contributed by atoms with Gasteiger partial charge in [-0.3, -0.25) is 9.59 Å². The molecule has 1 atom stereocenters. The lowest BCUT2D eigenvalue weighted by Crippen LogP contribution is -2.44. The van der Waals surface area contributed by atoms with Crippen molar-refractivity contribution in [2.24, 2.45) is 0 Å². The molecule has 0 aliphatic rings. The highest BCUT2D eigenvalue weighted by Gasteiger charge is 2.25. The first kappa shape index (κ1) is 25.7. The van der Waals surface area contributed by atoms with Gasteiger partial charge in [-0.1, -0.05) is 17.7 Å². The molecule has 1 unspecified atom stereocenters. The maximum atomic E-state index is 12.8. The van der Waals surface area contributed by atoms with E-state index in [0.717, 1.165) is 5.56 Å². The highest BCUT2D eigenvalue weighted by molar-refractivity contribution is 7.98. The van der Waals surface area contributed by atoms with Crippen molar-refractivity contribution in [2.45, 2.75) is 31.2 Å². The van der Waals surface area contributed by atoms with Crippen LogP contribution in [0, 0.1) is 6.92 Å². The van der Waals surface area contributed by atoms with E-state index in [1.54, 1.807) is 36.4 Å². The standard InChI is InChI=1S/C22H29N3O5S2/c1-4-23-21(26)15-30-18-9-7-17(8-10-18)24-22(27)20(13-14-31-3)25-32(28,29)19-11-5-16(2)6-12-19/h5-12,20,25H,4,13-15H2,1-3H3,(H,23,26)(H,24,27). The van der Waals surface area contributed by atoms with E-state index < -0.39 is 22.0 Å². The average Bonchev–Trinajstić information content (AvgIpc) is 2.76. The summed E-state index contributed by atoms with van der Waals surface area (Å²) < 4.78 is 33.4. The molecule has 0 heterocycles. The number of thioether (sulfide) groups is 1. The lowest BCUT2D eigenvalue weighted by molar-refractivity contribution is -0.123. The number of carbonyl (C=O) groups excluding carboxylic acids is 2. The molecule has 0 spiro atoms. The van der Waals surface area contributed by atoms with Crippen LogP contribution in [0.2, 0.25) is 0 Å². The normalized spacial score (nSPS) is 12.1. The summed E-state index contributed by atoms with van der Waals surface area (Å²) in [7, 11) is -3.85. The Hall–Kier alpha value is -2.56. The van der Waals surface area contributed by atoms with Crippen molar-refractivity contribution in [3.05, 3.63) is 54.1 Å². The Morgan fingerprint density at radius 3 is 2.31 bits per heavy atom. The molecular formula is C22H29N3O5S2. The summed E-state index contributed by atoms with van der Waals surface area (Å²) >= 11 is 1.53. The van der Waals surface area contributed by atoms with Gasteiger partial charge < -0.3 is 15.4 Å². The number of hydrogen-bond acceptors (Lipinski definition) is 6. The highest BCUT2D eigenvalue weighted by Crippen LogP contribution is 2.17. The molecule has 3 N–H and O–H groups in total. The average molecular weight is 480 g/mol. The summed E-state index contributed by atoms with van der Waals surface area (Å²) in [6.07, 6.45) is 2.23. The second-order valence-electron chi connectivity index (χ2n) is 7.02. The molecule has 0 aliphatic heterocycles. The summed E-state index contributed by atoms with van der Waals surface area (Å²) in [5.74, 6) is 0.419. The Balaban J connectivity index is 2.04. The van der Waals surface area contributed by atoms with Gasteiger partial charge in [0.2, 0.25) is 15.9 Å². The number of aryl methyl sites for hydroxylation is 1. The monoisotopic (exact) mass is 479 g/mol. The predicted molar refractivity (Wildman–Crippen MR) is 128 cm³/mol. The van der Waals surface area contributed by atoms with E-state index in [-0.39, 0.29) is 17.4 Å². The van der Waals surface area contributed by atoms with Gasteiger partial charge in [-0.25, -0.2) is 8.42 Å². The van der Waals surface area contributed by atoms with Crippen molar-refractivity contribution in [3.8, 4) is 5.75 Å². The number of ether oxygens (including phenoxy) is 1. The van der Waals surface area contributed by atoms with Crippen LogP contribution in [0.1, 0.15) is 18.9 Å². The molecule has 32 heavy (non-hydrogen) atoms. The zero-order valence-electron chi connectivity index (χ0n) is 18.4. The lowest BCUT2D eigenvalue weighted by Gasteiger charge is -2.18. The fourth-order valence-corrected chi connectivity index (χ4v) is 4.41. The largest absolute Gasteiger partial charge is 0.484 e. The highest BCUT2D eigenvalue weighted by atomic mass is 32.2. The van der Waals surface area contributed by atoms with E-state index in [0.29, 0.717) is 30.2 Å². The summed E-state index contributed by atoms with van der Waals surface area (Å²) in [5, 5.41) is 5.37. The van der Waals surface area contributed by atoms with Crippen molar-refractivity contribution >= 4 is 39.3 Å². The maximum absolute atomic E-state index is 12.8. The predicted octanol–water partition coefficient (Wildman–Crippen LogP) is 2.55. The number of anilines is 1. The molecular weight excluding hydrogens is 450 g/mol. The second kappa shape index (κ2) is 12.5. The number of likely N-dealkylation sites (N-methyl/N-ethyl adjacent to an activating group) is 1. The van der Waals surface area contributed by atoms with Crippen molar-refractivity contribution in [1.82, 2.24) is 10.0 Å². The fourth-order valence-electron chi connectivity index (χ4n) is 2.71. The van der Waals surface area contributed by atoms with Crippen LogP contribution in [0.5, 0.6) is 5.75 Å². The minimum absolute atomic E-state index is 0.100. The first-order valence-electron chi connectivity index (χ1n) is 10.1. The zero-order chi connectivity index (χ0) is 23.6. The van der Waals surface area contributed by atoms with E-state index in [4.69, 9.17) is 4.74 Å². The van der Waals surface area contributed by atoms with E-state index in [1.807, 2.05) is 20.1 Å². The summed E-state index contributed by atoms with van der Waals surface area (Å²) in [6.45, 7) is 4.12. The van der Waals surface area contributed by atoms with E-state index in [2.05, 4.69) is 15.4 Å². The summed E-state index contributed by atoms with van der Waals surface area (Å²) in [5.41, 5.74) is 1.43. The smallest absolute Gasteiger partial charge is 0.257 e. The molecule has 0 aliphatic carbocycles. The molecule has 0 saturated carbocycles. The van der Waals surface area contributed by atoms with Crippen LogP contribution in [0.3, 0.4) is 0 Å². The number of rotatable bonds is 12. The number of amides is 2. The third kappa shape index (κ3) is 8.18. The van der Waals surface area contributed by atoms with Gasteiger partial charge >= 0.3 is 0 Å². The van der Waals surface area contributed by atoms with Crippen LogP contribution >= 0.6 is 11.8 Å². The van der Waals surface area contributed by atoms with Crippen molar-refractivity contribution in [2.75, 3.05) is 30.5 Å². The molecule has 2 aromatic carbocycles. The number of sulfonamides is 1. The third-order valence-corrected chi connectivity index (χ3v) is 6.55. The minimum atomic E-state index is -3.85. The van der Waals surface area contributed by atoms with Gasteiger partial charge in [0.05, 0.1) is 4.90 Å². The Labute approximate surface area is 193 Å². The Kier molecular flexibility index (Phi) is 10.0. The molecule has 0 bridgehead atoms. The van der Waals surface area contributed by atoms with Gasteiger partial charge in [0.1, 0.15) is 11.8 Å². The van der Waals surface area contributed by atoms with Crippen LogP contribution in [-0.4, -0.2) is 51.4 Å². The van der Waals surface area contributed by atoms with Gasteiger partial charge in [0.25, 0.3) is 5.91 Å². The molecule has 0 radical (unpaired) electrons. The Morgan fingerprint density at radius 1 is 1.06 bits per heavy atom. The maximum Gasteiger partial charge on any atom is 0.257 e. The molecule has 0 saturated heterocycles. The van der Waals surface area contributed by atoms with Crippen LogP contribution < -0.4 is 20.1 Å². The van der Waals surface area contributed by atoms with E-state index in [1.165, 1.54) is 23.9 Å². The number of benzene rings is 2. The van der Waals surface area contributed by atoms with E-state index >= 15 is 0 Å². The molecule has 0 fully saturated rings. The van der Waals surface area contributed by atoms with E-state index in [9.17, 15) is 18.0 Å². The fraction of sp³-hybridized carbons (Fsp3) is 0.364. The summed E-state index contributed by atoms with van der Waals surface area (Å²) in [6, 6.07) is 12.0. The van der Waals surface area contributed by atoms with Crippen LogP contribution in [0.15, 0.2) is 53.4 Å². The number of hydrogen-bond donors (Lipinski definition) is 3. The topological polar surface area (TPSA) is 114 Å². The Morgan fingerprint density at radius 2 is 1.72 bits per heavy atom. The molecule has 0 aromatic heterocycles. The minimum Gasteiger partial charge on any atom is -0.484 e. The second-order valence-corrected chi connectivity index (χ2v) is 9.72. The van der Waals surface area contributed by atoms with Gasteiger partial charge in [0, 0.05) is 12.2 Å². The van der Waals surface area contributed by atoms with Crippen molar-refractivity contribution in [3.63, 3.8) is 0 Å². The first-order valence-corrected chi connectivity index (χ1v) is 13.0. The summed E-state index contributed by atoms with van der Waals surface area (Å²) in [4.78, 5) is 24.4. The lowest BCUT2D eigenvalue weighted by atomic mass is 10.2. The van der Waals surface area contributed by atoms with Gasteiger partial charge in [-0.2, -0.15) is 16.5 Å². The number of carbonyl (C=O) groups is 2. The molecule has 2 amide bonds. The van der Waals surface area contributed by atoms with Crippen LogP contribution in [-0.2, 0) is 19.6 Å².